The molecule has 12 heteroatoms. The maximum Gasteiger partial charge on any atom is 0.270 e. The Morgan fingerprint density at radius 2 is 1.39 bits per heavy atom. The fraction of sp³-hybridized carbons (Fsp3) is 0.207. The van der Waals surface area contributed by atoms with Gasteiger partial charge in [-0.15, -0.1) is 0 Å². The second kappa shape index (κ2) is 11.7. The highest BCUT2D eigenvalue weighted by molar-refractivity contribution is 7.81. The van der Waals surface area contributed by atoms with Crippen LogP contribution in [0.15, 0.2) is 72.3 Å². The molecule has 3 aromatic carbocycles. The molecule has 0 unspecified atom stereocenters. The normalized spacial score (nSPS) is 15.7. The molecule has 2 aliphatic heterocycles. The molecule has 3 aromatic rings. The van der Waals surface area contributed by atoms with Crippen LogP contribution < -0.4 is 29.5 Å². The summed E-state index contributed by atoms with van der Waals surface area (Å²) in [4.78, 5) is 44.0. The smallest absolute Gasteiger partial charge is 0.270 e. The molecule has 210 valence electrons. The van der Waals surface area contributed by atoms with Crippen LogP contribution in [-0.2, 0) is 9.59 Å². The summed E-state index contributed by atoms with van der Waals surface area (Å²) in [5, 5.41) is 14.9. The van der Waals surface area contributed by atoms with Gasteiger partial charge in [-0.2, -0.15) is 0 Å². The minimum Gasteiger partial charge on any atom is -0.495 e. The molecule has 2 fully saturated rings. The highest BCUT2D eigenvalue weighted by Crippen LogP contribution is 2.38. The summed E-state index contributed by atoms with van der Waals surface area (Å²) in [7, 11) is 2.94. The fourth-order valence-electron chi connectivity index (χ4n) is 4.90. The summed E-state index contributed by atoms with van der Waals surface area (Å²) in [5.74, 6) is -0.635. The summed E-state index contributed by atoms with van der Waals surface area (Å²) in [6, 6.07) is 18.1. The molecule has 2 saturated heterocycles. The number of nitro groups is 1. The number of nitrogens with zero attached hydrogens (tertiary/aromatic N) is 4. The summed E-state index contributed by atoms with van der Waals surface area (Å²) in [6.45, 7) is 2.76. The van der Waals surface area contributed by atoms with E-state index >= 15 is 0 Å². The van der Waals surface area contributed by atoms with E-state index in [-0.39, 0.29) is 16.4 Å². The Balaban J connectivity index is 1.73. The summed E-state index contributed by atoms with van der Waals surface area (Å²) < 4.78 is 11.0. The molecule has 0 radical (unpaired) electrons. The monoisotopic (exact) mass is 573 g/mol. The number of thiocarbonyl (C=S) groups is 1. The second-order valence-electron chi connectivity index (χ2n) is 9.20. The molecular formula is C29H27N5O6S. The zero-order valence-electron chi connectivity index (χ0n) is 22.4. The fourth-order valence-corrected chi connectivity index (χ4v) is 5.27. The number of carbonyl (C=O) groups is 2. The van der Waals surface area contributed by atoms with Gasteiger partial charge in [-0.1, -0.05) is 24.3 Å². The quantitative estimate of drug-likeness (QED) is 0.148. The van der Waals surface area contributed by atoms with E-state index in [1.54, 1.807) is 54.6 Å². The number of amides is 2. The molecular weight excluding hydrogens is 546 g/mol. The number of rotatable bonds is 7. The van der Waals surface area contributed by atoms with Crippen molar-refractivity contribution in [1.29, 1.82) is 0 Å². The Morgan fingerprint density at radius 3 is 1.90 bits per heavy atom. The van der Waals surface area contributed by atoms with Gasteiger partial charge in [0.1, 0.15) is 17.1 Å². The molecule has 0 atom stereocenters. The Kier molecular flexibility index (Phi) is 7.95. The van der Waals surface area contributed by atoms with Crippen molar-refractivity contribution < 1.29 is 24.0 Å². The lowest BCUT2D eigenvalue weighted by atomic mass is 10.0. The van der Waals surface area contributed by atoms with Crippen molar-refractivity contribution in [2.75, 3.05) is 55.1 Å². The van der Waals surface area contributed by atoms with E-state index in [0.717, 1.165) is 13.1 Å². The molecule has 11 nitrogen and oxygen atoms in total. The molecule has 2 aliphatic rings. The van der Waals surface area contributed by atoms with Gasteiger partial charge in [-0.25, -0.2) is 9.80 Å². The van der Waals surface area contributed by atoms with Gasteiger partial charge in [0.15, 0.2) is 5.11 Å². The Morgan fingerprint density at radius 1 is 0.854 bits per heavy atom. The minimum absolute atomic E-state index is 0.0903. The first-order valence-corrected chi connectivity index (χ1v) is 13.2. The molecule has 2 heterocycles. The van der Waals surface area contributed by atoms with Crippen molar-refractivity contribution in [2.24, 2.45) is 0 Å². The van der Waals surface area contributed by atoms with Crippen LogP contribution in [0.1, 0.15) is 5.56 Å². The van der Waals surface area contributed by atoms with E-state index in [2.05, 4.69) is 10.2 Å². The number of hydrogen-bond acceptors (Lipinski definition) is 9. The summed E-state index contributed by atoms with van der Waals surface area (Å²) in [6.07, 6.45) is 1.40. The van der Waals surface area contributed by atoms with Gasteiger partial charge >= 0.3 is 0 Å². The number of hydrogen-bond donors (Lipinski definition) is 1. The van der Waals surface area contributed by atoms with Gasteiger partial charge in [0.2, 0.25) is 0 Å². The lowest BCUT2D eigenvalue weighted by molar-refractivity contribution is -0.384. The Labute approximate surface area is 241 Å². The summed E-state index contributed by atoms with van der Waals surface area (Å²) >= 11 is 5.75. The van der Waals surface area contributed by atoms with Crippen molar-refractivity contribution in [3.63, 3.8) is 0 Å². The van der Waals surface area contributed by atoms with Gasteiger partial charge in [0.05, 0.1) is 30.5 Å². The minimum atomic E-state index is -0.687. The number of nitrogens with one attached hydrogen (secondary N) is 1. The van der Waals surface area contributed by atoms with Crippen LogP contribution in [0.2, 0.25) is 0 Å². The van der Waals surface area contributed by atoms with Crippen molar-refractivity contribution in [3.05, 3.63) is 88.0 Å². The average Bonchev–Trinajstić information content (AvgIpc) is 3.00. The van der Waals surface area contributed by atoms with Gasteiger partial charge in [0, 0.05) is 49.6 Å². The highest BCUT2D eigenvalue weighted by atomic mass is 32.1. The van der Waals surface area contributed by atoms with Crippen LogP contribution in [0.5, 0.6) is 11.5 Å². The van der Waals surface area contributed by atoms with Crippen molar-refractivity contribution in [1.82, 2.24) is 5.32 Å². The number of nitro benzene ring substituents is 1. The Hall–Kier alpha value is -4.81. The van der Waals surface area contributed by atoms with E-state index in [4.69, 9.17) is 21.7 Å². The number of non-ortho nitro benzene ring substituents is 1. The molecule has 0 saturated carbocycles. The predicted octanol–water partition coefficient (Wildman–Crippen LogP) is 3.77. The molecule has 0 aliphatic carbocycles. The van der Waals surface area contributed by atoms with Gasteiger partial charge in [-0.3, -0.25) is 19.7 Å². The number of methoxy groups -OCH3 is 2. The number of anilines is 3. The van der Waals surface area contributed by atoms with E-state index in [9.17, 15) is 19.7 Å². The molecule has 0 bridgehead atoms. The van der Waals surface area contributed by atoms with Crippen molar-refractivity contribution in [2.45, 2.75) is 0 Å². The molecule has 5 rings (SSSR count). The highest BCUT2D eigenvalue weighted by Gasteiger charge is 2.43. The first-order valence-electron chi connectivity index (χ1n) is 12.8. The third kappa shape index (κ3) is 5.22. The molecule has 1 N–H and O–H groups in total. The van der Waals surface area contributed by atoms with Crippen LogP contribution in [0.4, 0.5) is 22.7 Å². The largest absolute Gasteiger partial charge is 0.495 e. The van der Waals surface area contributed by atoms with Crippen LogP contribution in [0.25, 0.3) is 6.08 Å². The van der Waals surface area contributed by atoms with E-state index in [1.165, 1.54) is 42.2 Å². The molecule has 0 spiro atoms. The average molecular weight is 574 g/mol. The number of carbonyl (C=O) groups excluding carboxylic acids is 2. The molecule has 0 aromatic heterocycles. The van der Waals surface area contributed by atoms with E-state index in [0.29, 0.717) is 47.2 Å². The van der Waals surface area contributed by atoms with Crippen molar-refractivity contribution >= 4 is 58.0 Å². The topological polar surface area (TPSA) is 117 Å². The van der Waals surface area contributed by atoms with E-state index < -0.39 is 16.7 Å². The lowest BCUT2D eigenvalue weighted by Crippen LogP contribution is -2.57. The van der Waals surface area contributed by atoms with Crippen molar-refractivity contribution in [3.8, 4) is 11.5 Å². The molecule has 41 heavy (non-hydrogen) atoms. The maximum atomic E-state index is 14.1. The van der Waals surface area contributed by atoms with Crippen LogP contribution in [-0.4, -0.2) is 62.2 Å². The van der Waals surface area contributed by atoms with Gasteiger partial charge in [-0.05, 0) is 48.6 Å². The second-order valence-corrected chi connectivity index (χ2v) is 9.57. The first-order chi connectivity index (χ1) is 19.8. The lowest BCUT2D eigenvalue weighted by Gasteiger charge is -2.37. The number of benzene rings is 3. The van der Waals surface area contributed by atoms with E-state index in [1.807, 2.05) is 0 Å². The third-order valence-corrected chi connectivity index (χ3v) is 7.25. The maximum absolute atomic E-state index is 14.1. The zero-order valence-corrected chi connectivity index (χ0v) is 23.2. The zero-order chi connectivity index (χ0) is 29.1. The number of piperazine rings is 1. The predicted molar refractivity (Wildman–Crippen MR) is 160 cm³/mol. The Bertz CT molecular complexity index is 1500. The molecule has 2 amide bonds. The third-order valence-electron chi connectivity index (χ3n) is 6.88. The number of para-hydroxylation sites is 4. The van der Waals surface area contributed by atoms with Gasteiger partial charge < -0.3 is 19.7 Å². The van der Waals surface area contributed by atoms with Crippen LogP contribution in [0.3, 0.4) is 0 Å². The number of ether oxygens (including phenoxy) is 2. The van der Waals surface area contributed by atoms with Gasteiger partial charge in [0.25, 0.3) is 17.5 Å². The van der Waals surface area contributed by atoms with Crippen LogP contribution >= 0.6 is 12.2 Å². The standard InChI is InChI=1S/C29H27N5O6S/c1-39-25-9-5-3-7-23(25)32-27(35)21(28(36)33(29(32)41)24-8-4-6-10-26(24)40-2)18-19-17-20(34(37)38)11-12-22(19)31-15-13-30-14-16-31/h3-12,17-18,30H,13-16H2,1-2H3. The first kappa shape index (κ1) is 27.7. The SMILES string of the molecule is COc1ccccc1N1C(=O)C(=Cc2cc([N+](=O)[O-])ccc2N2CCNCC2)C(=O)N(c2ccccc2OC)C1=S. The summed E-state index contributed by atoms with van der Waals surface area (Å²) in [5.41, 5.74) is 1.32. The van der Waals surface area contributed by atoms with Crippen LogP contribution in [0, 0.1) is 10.1 Å².